The monoisotopic (exact) mass is 369 g/mol. The molecule has 3 rings (SSSR count). The van der Waals surface area contributed by atoms with Gasteiger partial charge in [-0.25, -0.2) is 15.0 Å². The third-order valence-electron chi connectivity index (χ3n) is 4.33. The Morgan fingerprint density at radius 2 is 1.96 bits per heavy atom. The summed E-state index contributed by atoms with van der Waals surface area (Å²) in [6, 6.07) is 4.09. The highest BCUT2D eigenvalue weighted by molar-refractivity contribution is 5.79. The van der Waals surface area contributed by atoms with Crippen molar-refractivity contribution in [2.24, 2.45) is 5.41 Å². The standard InChI is InChI=1S/C19H27N7O/c1-12(2)26-13(3)23-14-9-21-17(8-15(14)26)24-16-6-7-20-18(25-16)22-10-19(4,5)11-27/h6-9,12,27H,10-11H2,1-5H3,(H2,20,21,22,24,25). The summed E-state index contributed by atoms with van der Waals surface area (Å²) >= 11 is 0. The van der Waals surface area contributed by atoms with Gasteiger partial charge < -0.3 is 20.3 Å². The first kappa shape index (κ1) is 19.0. The molecule has 0 radical (unpaired) electrons. The van der Waals surface area contributed by atoms with Gasteiger partial charge in [0.05, 0.1) is 11.7 Å². The third kappa shape index (κ3) is 4.33. The summed E-state index contributed by atoms with van der Waals surface area (Å²) in [5.74, 6) is 2.82. The van der Waals surface area contributed by atoms with Crippen molar-refractivity contribution in [1.29, 1.82) is 0 Å². The van der Waals surface area contributed by atoms with Crippen LogP contribution in [0.25, 0.3) is 11.0 Å². The molecule has 0 bridgehead atoms. The van der Waals surface area contributed by atoms with Crippen LogP contribution in [0.5, 0.6) is 0 Å². The second-order valence-corrected chi connectivity index (χ2v) is 7.75. The van der Waals surface area contributed by atoms with Crippen molar-refractivity contribution in [2.75, 3.05) is 23.8 Å². The SMILES string of the molecule is Cc1nc2cnc(Nc3ccnc(NCC(C)(C)CO)n3)cc2n1C(C)C. The molecule has 0 fully saturated rings. The highest BCUT2D eigenvalue weighted by Crippen LogP contribution is 2.24. The van der Waals surface area contributed by atoms with Gasteiger partial charge >= 0.3 is 0 Å². The van der Waals surface area contributed by atoms with Gasteiger partial charge in [0.15, 0.2) is 0 Å². The van der Waals surface area contributed by atoms with E-state index in [2.05, 4.69) is 49.0 Å². The number of anilines is 3. The summed E-state index contributed by atoms with van der Waals surface area (Å²) < 4.78 is 2.19. The first-order valence-corrected chi connectivity index (χ1v) is 9.08. The molecule has 27 heavy (non-hydrogen) atoms. The van der Waals surface area contributed by atoms with Crippen LogP contribution in [-0.2, 0) is 0 Å². The molecule has 0 spiro atoms. The van der Waals surface area contributed by atoms with Gasteiger partial charge in [-0.2, -0.15) is 4.98 Å². The number of aliphatic hydroxyl groups excluding tert-OH is 1. The number of aryl methyl sites for hydroxylation is 1. The number of rotatable bonds is 7. The Morgan fingerprint density at radius 1 is 1.19 bits per heavy atom. The second-order valence-electron chi connectivity index (χ2n) is 7.75. The van der Waals surface area contributed by atoms with Crippen molar-refractivity contribution in [2.45, 2.75) is 40.7 Å². The van der Waals surface area contributed by atoms with Crippen LogP contribution < -0.4 is 10.6 Å². The van der Waals surface area contributed by atoms with Gasteiger partial charge in [-0.3, -0.25) is 0 Å². The Hall–Kier alpha value is -2.74. The first-order chi connectivity index (χ1) is 12.8. The maximum atomic E-state index is 9.36. The number of imidazole rings is 1. The third-order valence-corrected chi connectivity index (χ3v) is 4.33. The summed E-state index contributed by atoms with van der Waals surface area (Å²) in [5, 5.41) is 15.8. The molecule has 3 aromatic heterocycles. The van der Waals surface area contributed by atoms with E-state index in [0.29, 0.717) is 30.2 Å². The quantitative estimate of drug-likeness (QED) is 0.587. The van der Waals surface area contributed by atoms with Crippen molar-refractivity contribution in [1.82, 2.24) is 24.5 Å². The van der Waals surface area contributed by atoms with Gasteiger partial charge in [0.1, 0.15) is 23.0 Å². The number of fused-ring (bicyclic) bond motifs is 1. The number of aromatic nitrogens is 5. The maximum absolute atomic E-state index is 9.36. The van der Waals surface area contributed by atoms with E-state index in [1.807, 2.05) is 26.8 Å². The molecular formula is C19H27N7O. The number of nitrogens with one attached hydrogen (secondary N) is 2. The molecule has 0 aliphatic carbocycles. The average Bonchev–Trinajstić information content (AvgIpc) is 2.96. The van der Waals surface area contributed by atoms with E-state index in [9.17, 15) is 5.11 Å². The minimum atomic E-state index is -0.244. The number of aliphatic hydroxyl groups is 1. The lowest BCUT2D eigenvalue weighted by molar-refractivity contribution is 0.170. The van der Waals surface area contributed by atoms with Crippen LogP contribution in [0.1, 0.15) is 39.6 Å². The zero-order valence-electron chi connectivity index (χ0n) is 16.5. The fourth-order valence-electron chi connectivity index (χ4n) is 2.86. The smallest absolute Gasteiger partial charge is 0.224 e. The van der Waals surface area contributed by atoms with E-state index in [0.717, 1.165) is 16.9 Å². The molecule has 0 aromatic carbocycles. The Labute approximate surface area is 159 Å². The van der Waals surface area contributed by atoms with Crippen molar-refractivity contribution in [3.8, 4) is 0 Å². The molecule has 0 saturated heterocycles. The number of pyridine rings is 1. The van der Waals surface area contributed by atoms with Crippen LogP contribution in [-0.4, -0.2) is 42.8 Å². The molecule has 0 unspecified atom stereocenters. The number of nitrogens with zero attached hydrogens (tertiary/aromatic N) is 5. The van der Waals surface area contributed by atoms with E-state index in [4.69, 9.17) is 0 Å². The summed E-state index contributed by atoms with van der Waals surface area (Å²) in [6.45, 7) is 10.9. The summed E-state index contributed by atoms with van der Waals surface area (Å²) in [7, 11) is 0. The molecule has 0 aliphatic rings. The van der Waals surface area contributed by atoms with E-state index in [-0.39, 0.29) is 12.0 Å². The molecule has 0 atom stereocenters. The van der Waals surface area contributed by atoms with Crippen LogP contribution in [0.15, 0.2) is 24.5 Å². The Morgan fingerprint density at radius 3 is 2.67 bits per heavy atom. The summed E-state index contributed by atoms with van der Waals surface area (Å²) in [4.78, 5) is 17.7. The molecule has 0 saturated carbocycles. The molecule has 0 aliphatic heterocycles. The van der Waals surface area contributed by atoms with Gasteiger partial charge in [-0.1, -0.05) is 13.8 Å². The summed E-state index contributed by atoms with van der Waals surface area (Å²) in [6.07, 6.45) is 3.46. The number of hydrogen-bond acceptors (Lipinski definition) is 7. The summed E-state index contributed by atoms with van der Waals surface area (Å²) in [5.41, 5.74) is 1.67. The van der Waals surface area contributed by atoms with Crippen LogP contribution >= 0.6 is 0 Å². The maximum Gasteiger partial charge on any atom is 0.224 e. The van der Waals surface area contributed by atoms with E-state index >= 15 is 0 Å². The van der Waals surface area contributed by atoms with Crippen LogP contribution in [0.3, 0.4) is 0 Å². The number of hydrogen-bond donors (Lipinski definition) is 3. The van der Waals surface area contributed by atoms with Crippen molar-refractivity contribution >= 4 is 28.6 Å². The predicted octanol–water partition coefficient (Wildman–Crippen LogP) is 3.28. The average molecular weight is 369 g/mol. The van der Waals surface area contributed by atoms with Crippen LogP contribution in [0, 0.1) is 12.3 Å². The minimum Gasteiger partial charge on any atom is -0.396 e. The molecule has 3 heterocycles. The zero-order valence-corrected chi connectivity index (χ0v) is 16.5. The van der Waals surface area contributed by atoms with Gasteiger partial charge in [-0.15, -0.1) is 0 Å². The van der Waals surface area contributed by atoms with Crippen LogP contribution in [0.4, 0.5) is 17.6 Å². The zero-order chi connectivity index (χ0) is 19.6. The lowest BCUT2D eigenvalue weighted by atomic mass is 9.95. The fourth-order valence-corrected chi connectivity index (χ4v) is 2.86. The first-order valence-electron chi connectivity index (χ1n) is 9.08. The van der Waals surface area contributed by atoms with Gasteiger partial charge in [0.25, 0.3) is 0 Å². The van der Waals surface area contributed by atoms with Crippen molar-refractivity contribution in [3.05, 3.63) is 30.4 Å². The highest BCUT2D eigenvalue weighted by Gasteiger charge is 2.16. The predicted molar refractivity (Wildman–Crippen MR) is 107 cm³/mol. The van der Waals surface area contributed by atoms with Crippen molar-refractivity contribution < 1.29 is 5.11 Å². The molecule has 3 N–H and O–H groups in total. The Bertz CT molecular complexity index is 933. The largest absolute Gasteiger partial charge is 0.396 e. The van der Waals surface area contributed by atoms with Crippen LogP contribution in [0.2, 0.25) is 0 Å². The molecule has 8 nitrogen and oxygen atoms in total. The lowest BCUT2D eigenvalue weighted by Crippen LogP contribution is -2.27. The Balaban J connectivity index is 1.81. The lowest BCUT2D eigenvalue weighted by Gasteiger charge is -2.21. The molecule has 144 valence electrons. The molecule has 8 heteroatoms. The second kappa shape index (κ2) is 7.48. The highest BCUT2D eigenvalue weighted by atomic mass is 16.3. The van der Waals surface area contributed by atoms with Gasteiger partial charge in [0, 0.05) is 36.9 Å². The molecular weight excluding hydrogens is 342 g/mol. The van der Waals surface area contributed by atoms with Gasteiger partial charge in [0.2, 0.25) is 5.95 Å². The van der Waals surface area contributed by atoms with E-state index in [1.165, 1.54) is 0 Å². The normalized spacial score (nSPS) is 12.0. The molecule has 3 aromatic rings. The molecule has 0 amide bonds. The topological polar surface area (TPSA) is 101 Å². The van der Waals surface area contributed by atoms with E-state index < -0.39 is 0 Å². The van der Waals surface area contributed by atoms with Gasteiger partial charge in [-0.05, 0) is 26.8 Å². The Kier molecular flexibility index (Phi) is 5.27. The van der Waals surface area contributed by atoms with Crippen molar-refractivity contribution in [3.63, 3.8) is 0 Å². The minimum absolute atomic E-state index is 0.0881. The van der Waals surface area contributed by atoms with E-state index in [1.54, 1.807) is 18.5 Å². The fraction of sp³-hybridized carbons (Fsp3) is 0.474.